The molecule has 2 aromatic heterocycles. The molecule has 1 aromatic carbocycles. The number of benzene rings is 1. The minimum atomic E-state index is 0.833. The van der Waals surface area contributed by atoms with Gasteiger partial charge >= 0.3 is 0 Å². The molecular weight excluding hydrogens is 250 g/mol. The molecule has 5 heteroatoms. The van der Waals surface area contributed by atoms with Crippen LogP contribution >= 0.6 is 0 Å². The van der Waals surface area contributed by atoms with Crippen LogP contribution in [0.5, 0.6) is 0 Å². The van der Waals surface area contributed by atoms with E-state index in [1.54, 1.807) is 6.20 Å². The third-order valence-corrected chi connectivity index (χ3v) is 3.18. The molecule has 0 atom stereocenters. The van der Waals surface area contributed by atoms with Crippen LogP contribution in [0.25, 0.3) is 5.65 Å². The number of hydrogen-bond donors (Lipinski definition) is 1. The zero-order chi connectivity index (χ0) is 13.9. The van der Waals surface area contributed by atoms with Crippen molar-refractivity contribution in [3.05, 3.63) is 48.9 Å². The quantitative estimate of drug-likeness (QED) is 0.789. The smallest absolute Gasteiger partial charge is 0.180 e. The second kappa shape index (κ2) is 5.21. The van der Waals surface area contributed by atoms with Gasteiger partial charge in [0.2, 0.25) is 0 Å². The van der Waals surface area contributed by atoms with E-state index in [0.717, 1.165) is 29.5 Å². The molecule has 0 aliphatic carbocycles. The molecule has 1 N–H and O–H groups in total. The van der Waals surface area contributed by atoms with E-state index < -0.39 is 0 Å². The molecule has 0 fully saturated rings. The van der Waals surface area contributed by atoms with E-state index in [-0.39, 0.29) is 0 Å². The number of anilines is 3. The standard InChI is InChI=1S/C15H17N5/c1-3-16-13-11-20-10-9-17-14(20)15(18-13)19(2)12-7-5-4-6-8-12/h4-11,16H,3H2,1-2H3. The Morgan fingerprint density at radius 1 is 1.25 bits per heavy atom. The Kier molecular flexibility index (Phi) is 3.25. The number of rotatable bonds is 4. The predicted molar refractivity (Wildman–Crippen MR) is 81.7 cm³/mol. The van der Waals surface area contributed by atoms with Crippen LogP contribution in [-0.2, 0) is 0 Å². The summed E-state index contributed by atoms with van der Waals surface area (Å²) in [5, 5.41) is 3.25. The van der Waals surface area contributed by atoms with Crippen molar-refractivity contribution in [2.75, 3.05) is 23.8 Å². The van der Waals surface area contributed by atoms with Crippen molar-refractivity contribution < 1.29 is 0 Å². The van der Waals surface area contributed by atoms with Gasteiger partial charge in [-0.2, -0.15) is 0 Å². The average molecular weight is 267 g/mol. The Morgan fingerprint density at radius 2 is 2.05 bits per heavy atom. The van der Waals surface area contributed by atoms with E-state index in [2.05, 4.69) is 34.3 Å². The molecule has 2 heterocycles. The van der Waals surface area contributed by atoms with Crippen LogP contribution in [0.15, 0.2) is 48.9 Å². The van der Waals surface area contributed by atoms with Gasteiger partial charge in [0.05, 0.1) is 6.20 Å². The number of nitrogens with zero attached hydrogens (tertiary/aromatic N) is 4. The van der Waals surface area contributed by atoms with Gasteiger partial charge in [-0.1, -0.05) is 18.2 Å². The van der Waals surface area contributed by atoms with Gasteiger partial charge in [-0.15, -0.1) is 0 Å². The molecule has 3 aromatic rings. The molecule has 0 amide bonds. The highest BCUT2D eigenvalue weighted by Crippen LogP contribution is 2.26. The van der Waals surface area contributed by atoms with Gasteiger partial charge in [0.15, 0.2) is 11.5 Å². The zero-order valence-corrected chi connectivity index (χ0v) is 11.6. The van der Waals surface area contributed by atoms with E-state index in [4.69, 9.17) is 0 Å². The van der Waals surface area contributed by atoms with Crippen LogP contribution in [0, 0.1) is 0 Å². The van der Waals surface area contributed by atoms with Crippen LogP contribution < -0.4 is 10.2 Å². The summed E-state index contributed by atoms with van der Waals surface area (Å²) < 4.78 is 1.99. The number of nitrogens with one attached hydrogen (secondary N) is 1. The number of hydrogen-bond acceptors (Lipinski definition) is 4. The Labute approximate surface area is 117 Å². The fourth-order valence-corrected chi connectivity index (χ4v) is 2.18. The summed E-state index contributed by atoms with van der Waals surface area (Å²) in [6.07, 6.45) is 5.67. The first-order valence-electron chi connectivity index (χ1n) is 6.66. The van der Waals surface area contributed by atoms with E-state index in [1.165, 1.54) is 0 Å². The highest BCUT2D eigenvalue weighted by atomic mass is 15.2. The summed E-state index contributed by atoms with van der Waals surface area (Å²) in [6.45, 7) is 2.89. The molecule has 102 valence electrons. The molecule has 0 saturated carbocycles. The first kappa shape index (κ1) is 12.5. The minimum Gasteiger partial charge on any atom is -0.369 e. The fraction of sp³-hybridized carbons (Fsp3) is 0.200. The van der Waals surface area contributed by atoms with Crippen LogP contribution in [0.1, 0.15) is 6.92 Å². The van der Waals surface area contributed by atoms with Gasteiger partial charge in [0.1, 0.15) is 5.82 Å². The Bertz CT molecular complexity index is 705. The molecule has 20 heavy (non-hydrogen) atoms. The van der Waals surface area contributed by atoms with E-state index in [9.17, 15) is 0 Å². The molecule has 0 radical (unpaired) electrons. The number of para-hydroxylation sites is 1. The van der Waals surface area contributed by atoms with Crippen LogP contribution in [-0.4, -0.2) is 28.0 Å². The topological polar surface area (TPSA) is 45.5 Å². The minimum absolute atomic E-state index is 0.833. The van der Waals surface area contributed by atoms with Crippen molar-refractivity contribution in [1.82, 2.24) is 14.4 Å². The molecule has 0 saturated heterocycles. The van der Waals surface area contributed by atoms with Crippen molar-refractivity contribution in [1.29, 1.82) is 0 Å². The summed E-state index contributed by atoms with van der Waals surface area (Å²) in [5.74, 6) is 1.68. The second-order valence-electron chi connectivity index (χ2n) is 4.53. The summed E-state index contributed by atoms with van der Waals surface area (Å²) in [4.78, 5) is 11.1. The lowest BCUT2D eigenvalue weighted by molar-refractivity contribution is 1.05. The van der Waals surface area contributed by atoms with Crippen LogP contribution in [0.4, 0.5) is 17.3 Å². The largest absolute Gasteiger partial charge is 0.369 e. The van der Waals surface area contributed by atoms with Crippen molar-refractivity contribution in [2.45, 2.75) is 6.92 Å². The summed E-state index contributed by atoms with van der Waals surface area (Å²) >= 11 is 0. The highest BCUT2D eigenvalue weighted by molar-refractivity contribution is 5.73. The lowest BCUT2D eigenvalue weighted by Crippen LogP contribution is -2.14. The number of fused-ring (bicyclic) bond motifs is 1. The van der Waals surface area contributed by atoms with Crippen LogP contribution in [0.3, 0.4) is 0 Å². The monoisotopic (exact) mass is 267 g/mol. The van der Waals surface area contributed by atoms with Crippen molar-refractivity contribution in [3.8, 4) is 0 Å². The van der Waals surface area contributed by atoms with Gasteiger partial charge in [0.25, 0.3) is 0 Å². The average Bonchev–Trinajstić information content (AvgIpc) is 2.95. The molecule has 3 rings (SSSR count). The highest BCUT2D eigenvalue weighted by Gasteiger charge is 2.12. The maximum atomic E-state index is 4.67. The van der Waals surface area contributed by atoms with E-state index in [1.807, 2.05) is 46.9 Å². The Balaban J connectivity index is 2.11. The third kappa shape index (κ3) is 2.18. The van der Waals surface area contributed by atoms with E-state index in [0.29, 0.717) is 0 Å². The first-order chi connectivity index (χ1) is 9.79. The van der Waals surface area contributed by atoms with Crippen molar-refractivity contribution in [2.24, 2.45) is 0 Å². The molecule has 0 spiro atoms. The van der Waals surface area contributed by atoms with Gasteiger partial charge in [0, 0.05) is 31.7 Å². The molecule has 0 aliphatic rings. The predicted octanol–water partition coefficient (Wildman–Crippen LogP) is 2.93. The molecular formula is C15H17N5. The number of aromatic nitrogens is 3. The lowest BCUT2D eigenvalue weighted by atomic mass is 10.3. The molecule has 5 nitrogen and oxygen atoms in total. The van der Waals surface area contributed by atoms with Gasteiger partial charge < -0.3 is 14.6 Å². The molecule has 0 unspecified atom stereocenters. The zero-order valence-electron chi connectivity index (χ0n) is 11.6. The van der Waals surface area contributed by atoms with Crippen molar-refractivity contribution >= 4 is 23.0 Å². The third-order valence-electron chi connectivity index (χ3n) is 3.18. The fourth-order valence-electron chi connectivity index (χ4n) is 2.18. The van der Waals surface area contributed by atoms with Gasteiger partial charge in [-0.3, -0.25) is 0 Å². The first-order valence-corrected chi connectivity index (χ1v) is 6.66. The lowest BCUT2D eigenvalue weighted by Gasteiger charge is -2.19. The molecule has 0 aliphatic heterocycles. The SMILES string of the molecule is CCNc1cn2ccnc2c(N(C)c2ccccc2)n1. The number of imidazole rings is 1. The Morgan fingerprint density at radius 3 is 2.80 bits per heavy atom. The Hall–Kier alpha value is -2.56. The van der Waals surface area contributed by atoms with Crippen LogP contribution in [0.2, 0.25) is 0 Å². The summed E-state index contributed by atoms with van der Waals surface area (Å²) in [5.41, 5.74) is 1.93. The van der Waals surface area contributed by atoms with E-state index >= 15 is 0 Å². The molecule has 0 bridgehead atoms. The van der Waals surface area contributed by atoms with Gasteiger partial charge in [-0.05, 0) is 19.1 Å². The summed E-state index contributed by atoms with van der Waals surface area (Å²) in [7, 11) is 2.00. The van der Waals surface area contributed by atoms with Gasteiger partial charge in [-0.25, -0.2) is 9.97 Å². The maximum Gasteiger partial charge on any atom is 0.180 e. The maximum absolute atomic E-state index is 4.67. The normalized spacial score (nSPS) is 10.7. The second-order valence-corrected chi connectivity index (χ2v) is 4.53. The summed E-state index contributed by atoms with van der Waals surface area (Å²) in [6, 6.07) is 10.2. The van der Waals surface area contributed by atoms with Crippen molar-refractivity contribution in [3.63, 3.8) is 0 Å².